The van der Waals surface area contributed by atoms with Gasteiger partial charge in [0.15, 0.2) is 11.5 Å². The lowest BCUT2D eigenvalue weighted by Gasteiger charge is -2.38. The van der Waals surface area contributed by atoms with Crippen LogP contribution in [0, 0.1) is 0 Å². The topological polar surface area (TPSA) is 59.1 Å². The van der Waals surface area contributed by atoms with Gasteiger partial charge in [0.05, 0.1) is 32.4 Å². The van der Waals surface area contributed by atoms with Crippen molar-refractivity contribution in [3.63, 3.8) is 0 Å². The van der Waals surface area contributed by atoms with Gasteiger partial charge in [-0.3, -0.25) is 14.5 Å². The lowest BCUT2D eigenvalue weighted by molar-refractivity contribution is -0.123. The molecule has 0 spiro atoms. The van der Waals surface area contributed by atoms with Crippen LogP contribution in [0.25, 0.3) is 0 Å². The first kappa shape index (κ1) is 19.9. The maximum Gasteiger partial charge on any atom is 0.251 e. The van der Waals surface area contributed by atoms with Crippen molar-refractivity contribution in [2.75, 3.05) is 25.7 Å². The van der Waals surface area contributed by atoms with E-state index in [-0.39, 0.29) is 24.3 Å². The van der Waals surface area contributed by atoms with Crippen LogP contribution in [0.4, 0.5) is 5.69 Å². The van der Waals surface area contributed by atoms with Crippen LogP contribution in [0.1, 0.15) is 30.5 Å². The Kier molecular flexibility index (Phi) is 5.36. The third kappa shape index (κ3) is 3.42. The number of rotatable bonds is 4. The normalized spacial score (nSPS) is 22.0. The zero-order chi connectivity index (χ0) is 20.7. The summed E-state index contributed by atoms with van der Waals surface area (Å²) in [6.07, 6.45) is 0.984. The highest BCUT2D eigenvalue weighted by molar-refractivity contribution is 9.10. The van der Waals surface area contributed by atoms with Crippen LogP contribution in [0.5, 0.6) is 11.5 Å². The molecule has 2 aromatic carbocycles. The van der Waals surface area contributed by atoms with Crippen LogP contribution < -0.4 is 14.4 Å². The first-order chi connectivity index (χ1) is 13.9. The monoisotopic (exact) mass is 458 g/mol. The van der Waals surface area contributed by atoms with E-state index in [1.807, 2.05) is 24.3 Å². The van der Waals surface area contributed by atoms with Crippen molar-refractivity contribution in [3.05, 3.63) is 52.0 Å². The van der Waals surface area contributed by atoms with E-state index in [1.165, 1.54) is 10.5 Å². The fourth-order valence-corrected chi connectivity index (χ4v) is 4.59. The number of amides is 2. The van der Waals surface area contributed by atoms with Gasteiger partial charge in [-0.05, 0) is 60.9 Å². The lowest BCUT2D eigenvalue weighted by Crippen LogP contribution is -2.46. The highest BCUT2D eigenvalue weighted by Gasteiger charge is 2.45. The maximum absolute atomic E-state index is 13.2. The van der Waals surface area contributed by atoms with E-state index in [9.17, 15) is 9.59 Å². The van der Waals surface area contributed by atoms with Gasteiger partial charge in [0, 0.05) is 17.1 Å². The number of halogens is 1. The molecule has 4 rings (SSSR count). The van der Waals surface area contributed by atoms with Crippen molar-refractivity contribution >= 4 is 33.4 Å². The number of carbonyl (C=O) groups excluding carboxylic acids is 2. The number of imide groups is 1. The number of ether oxygens (including phenoxy) is 2. The molecule has 6 nitrogen and oxygen atoms in total. The van der Waals surface area contributed by atoms with Crippen LogP contribution in [-0.2, 0) is 16.0 Å². The molecule has 29 heavy (non-hydrogen) atoms. The Hall–Kier alpha value is -2.38. The van der Waals surface area contributed by atoms with E-state index in [0.717, 1.165) is 16.5 Å². The van der Waals surface area contributed by atoms with Gasteiger partial charge in [-0.1, -0.05) is 15.9 Å². The molecule has 1 saturated heterocycles. The average Bonchev–Trinajstić information content (AvgIpc) is 3.02. The number of fused-ring (bicyclic) bond motifs is 1. The minimum Gasteiger partial charge on any atom is -0.493 e. The molecule has 2 aromatic rings. The minimum atomic E-state index is -0.456. The Bertz CT molecular complexity index is 960. The molecule has 0 unspecified atom stereocenters. The smallest absolute Gasteiger partial charge is 0.251 e. The van der Waals surface area contributed by atoms with Crippen LogP contribution in [0.15, 0.2) is 40.9 Å². The molecule has 7 heteroatoms. The second-order valence-corrected chi connectivity index (χ2v) is 8.25. The summed E-state index contributed by atoms with van der Waals surface area (Å²) in [5.41, 5.74) is 2.91. The molecule has 0 N–H and O–H groups in total. The number of hydrogen-bond acceptors (Lipinski definition) is 5. The quantitative estimate of drug-likeness (QED) is 0.653. The maximum atomic E-state index is 13.2. The number of hydrogen-bond donors (Lipinski definition) is 0. The SMILES string of the molecule is COc1cc2c(cc1OC)[C@@H](C)N([C@@H]1CC(=O)N(c3ccc(Br)cc3)C1=O)CC2. The summed E-state index contributed by atoms with van der Waals surface area (Å²) in [6, 6.07) is 10.8. The number of methoxy groups -OCH3 is 2. The largest absolute Gasteiger partial charge is 0.493 e. The lowest BCUT2D eigenvalue weighted by atomic mass is 9.91. The predicted molar refractivity (Wildman–Crippen MR) is 113 cm³/mol. The van der Waals surface area contributed by atoms with E-state index in [0.29, 0.717) is 23.7 Å². The van der Waals surface area contributed by atoms with Gasteiger partial charge < -0.3 is 9.47 Å². The van der Waals surface area contributed by atoms with Gasteiger partial charge in [-0.15, -0.1) is 0 Å². The summed E-state index contributed by atoms with van der Waals surface area (Å²) in [7, 11) is 3.24. The molecule has 1 fully saturated rings. The molecule has 0 aromatic heterocycles. The van der Waals surface area contributed by atoms with Crippen LogP contribution in [0.2, 0.25) is 0 Å². The van der Waals surface area contributed by atoms with E-state index >= 15 is 0 Å². The Morgan fingerprint density at radius 1 is 1.03 bits per heavy atom. The highest BCUT2D eigenvalue weighted by atomic mass is 79.9. The van der Waals surface area contributed by atoms with Gasteiger partial charge in [0.1, 0.15) is 0 Å². The summed E-state index contributed by atoms with van der Waals surface area (Å²) in [4.78, 5) is 29.3. The van der Waals surface area contributed by atoms with E-state index < -0.39 is 6.04 Å². The van der Waals surface area contributed by atoms with Crippen LogP contribution >= 0.6 is 15.9 Å². The van der Waals surface area contributed by atoms with Crippen molar-refractivity contribution in [2.45, 2.75) is 31.8 Å². The molecule has 2 amide bonds. The fraction of sp³-hybridized carbons (Fsp3) is 0.364. The van der Waals surface area contributed by atoms with Gasteiger partial charge in [0.25, 0.3) is 5.91 Å². The fourth-order valence-electron chi connectivity index (χ4n) is 4.33. The molecule has 2 aliphatic heterocycles. The first-order valence-corrected chi connectivity index (χ1v) is 10.4. The van der Waals surface area contributed by atoms with Crippen molar-refractivity contribution in [3.8, 4) is 11.5 Å². The van der Waals surface area contributed by atoms with Crippen molar-refractivity contribution < 1.29 is 19.1 Å². The highest BCUT2D eigenvalue weighted by Crippen LogP contribution is 2.40. The molecule has 152 valence electrons. The van der Waals surface area contributed by atoms with Crippen LogP contribution in [-0.4, -0.2) is 43.5 Å². The Morgan fingerprint density at radius 2 is 1.69 bits per heavy atom. The van der Waals surface area contributed by atoms with E-state index in [4.69, 9.17) is 9.47 Å². The zero-order valence-electron chi connectivity index (χ0n) is 16.6. The molecule has 0 radical (unpaired) electrons. The summed E-state index contributed by atoms with van der Waals surface area (Å²) in [6.45, 7) is 2.78. The molecule has 0 aliphatic carbocycles. The van der Waals surface area contributed by atoms with Crippen molar-refractivity contribution in [1.29, 1.82) is 0 Å². The van der Waals surface area contributed by atoms with Gasteiger partial charge in [-0.2, -0.15) is 0 Å². The molecule has 2 aliphatic rings. The van der Waals surface area contributed by atoms with Crippen molar-refractivity contribution in [2.24, 2.45) is 0 Å². The molecule has 0 bridgehead atoms. The molecule has 0 saturated carbocycles. The Labute approximate surface area is 178 Å². The van der Waals surface area contributed by atoms with Gasteiger partial charge in [-0.25, -0.2) is 4.90 Å². The molecule has 2 atom stereocenters. The third-order valence-electron chi connectivity index (χ3n) is 5.84. The van der Waals surface area contributed by atoms with E-state index in [2.05, 4.69) is 27.8 Å². The second-order valence-electron chi connectivity index (χ2n) is 7.33. The predicted octanol–water partition coefficient (Wildman–Crippen LogP) is 3.72. The standard InChI is InChI=1S/C22H23BrN2O4/c1-13-17-11-20(29-3)19(28-2)10-14(17)8-9-24(13)18-12-21(26)25(22(18)27)16-6-4-15(23)5-7-16/h4-7,10-11,13,18H,8-9,12H2,1-3H3/t13-,18-/m1/s1. The average molecular weight is 459 g/mol. The summed E-state index contributed by atoms with van der Waals surface area (Å²) in [5, 5.41) is 0. The van der Waals surface area contributed by atoms with Crippen LogP contribution in [0.3, 0.4) is 0 Å². The number of nitrogens with zero attached hydrogens (tertiary/aromatic N) is 2. The zero-order valence-corrected chi connectivity index (χ0v) is 18.2. The molecular formula is C22H23BrN2O4. The Balaban J connectivity index is 1.62. The summed E-state index contributed by atoms with van der Waals surface area (Å²) < 4.78 is 11.8. The molecular weight excluding hydrogens is 436 g/mol. The van der Waals surface area contributed by atoms with E-state index in [1.54, 1.807) is 26.4 Å². The third-order valence-corrected chi connectivity index (χ3v) is 6.37. The summed E-state index contributed by atoms with van der Waals surface area (Å²) in [5.74, 6) is 1.06. The molecule has 2 heterocycles. The first-order valence-electron chi connectivity index (χ1n) is 9.57. The van der Waals surface area contributed by atoms with Gasteiger partial charge in [0.2, 0.25) is 5.91 Å². The summed E-state index contributed by atoms with van der Waals surface area (Å²) >= 11 is 3.39. The van der Waals surface area contributed by atoms with Crippen molar-refractivity contribution in [1.82, 2.24) is 4.90 Å². The van der Waals surface area contributed by atoms with Gasteiger partial charge >= 0.3 is 0 Å². The number of carbonyl (C=O) groups is 2. The number of anilines is 1. The minimum absolute atomic E-state index is 0.00910. The second kappa shape index (κ2) is 7.80. The number of benzene rings is 2. The Morgan fingerprint density at radius 3 is 2.34 bits per heavy atom.